The monoisotopic (exact) mass is 551 g/mol. The zero-order valence-corrected chi connectivity index (χ0v) is 21.4. The third-order valence-electron chi connectivity index (χ3n) is 4.69. The lowest BCUT2D eigenvalue weighted by atomic mass is 10.1. The molecule has 0 saturated carbocycles. The number of hydrogen-bond acceptors (Lipinski definition) is 5. The van der Waals surface area contributed by atoms with E-state index in [9.17, 15) is 4.79 Å². The Kier molecular flexibility index (Phi) is 9.30. The number of carbonyl (C=O) groups is 1. The molecule has 33 heavy (non-hydrogen) atoms. The summed E-state index contributed by atoms with van der Waals surface area (Å²) in [6.45, 7) is 5.38. The molecule has 0 aromatic heterocycles. The number of nitrogens with one attached hydrogen (secondary N) is 1. The summed E-state index contributed by atoms with van der Waals surface area (Å²) in [6.07, 6.45) is 0. The lowest BCUT2D eigenvalue weighted by Gasteiger charge is -2.16. The van der Waals surface area contributed by atoms with E-state index in [1.165, 1.54) is 0 Å². The average molecular weight is 553 g/mol. The molecule has 0 aliphatic rings. The summed E-state index contributed by atoms with van der Waals surface area (Å²) < 4.78 is 17.7. The van der Waals surface area contributed by atoms with E-state index in [-0.39, 0.29) is 12.6 Å². The number of ether oxygens (including phenoxy) is 3. The van der Waals surface area contributed by atoms with Crippen LogP contribution in [-0.4, -0.2) is 19.2 Å². The molecule has 1 N–H and O–H groups in total. The van der Waals surface area contributed by atoms with E-state index in [2.05, 4.69) is 21.2 Å². The average Bonchev–Trinajstić information content (AvgIpc) is 2.79. The minimum absolute atomic E-state index is 0.285. The summed E-state index contributed by atoms with van der Waals surface area (Å²) >= 11 is 15.8. The molecule has 0 heterocycles. The molecule has 0 spiro atoms. The minimum atomic E-state index is -0.330. The third kappa shape index (κ3) is 7.03. The van der Waals surface area contributed by atoms with E-state index in [0.717, 1.165) is 21.3 Å². The molecule has 3 rings (SSSR count). The van der Waals surface area contributed by atoms with Crippen molar-refractivity contribution in [1.82, 2.24) is 0 Å². The summed E-state index contributed by atoms with van der Waals surface area (Å²) in [5.41, 5.74) is 3.22. The zero-order valence-electron chi connectivity index (χ0n) is 18.3. The molecule has 5 nitrogen and oxygen atoms in total. The van der Waals surface area contributed by atoms with Crippen LogP contribution < -0.4 is 14.8 Å². The van der Waals surface area contributed by atoms with E-state index < -0.39 is 0 Å². The van der Waals surface area contributed by atoms with Gasteiger partial charge >= 0.3 is 5.97 Å². The van der Waals surface area contributed by atoms with Crippen LogP contribution in [0.2, 0.25) is 10.0 Å². The first-order valence-electron chi connectivity index (χ1n) is 10.4. The molecule has 0 bridgehead atoms. The van der Waals surface area contributed by atoms with Gasteiger partial charge in [-0.15, -0.1) is 0 Å². The molecule has 0 aliphatic heterocycles. The second kappa shape index (κ2) is 12.2. The van der Waals surface area contributed by atoms with Crippen molar-refractivity contribution in [3.05, 3.63) is 85.8 Å². The quantitative estimate of drug-likeness (QED) is 0.263. The number of benzene rings is 3. The number of hydrogen-bond donors (Lipinski definition) is 1. The van der Waals surface area contributed by atoms with Crippen LogP contribution in [0.3, 0.4) is 0 Å². The predicted octanol–water partition coefficient (Wildman–Crippen LogP) is 7.52. The van der Waals surface area contributed by atoms with Crippen molar-refractivity contribution in [1.29, 1.82) is 0 Å². The summed E-state index contributed by atoms with van der Waals surface area (Å²) in [4.78, 5) is 11.8. The van der Waals surface area contributed by atoms with Crippen molar-refractivity contribution in [2.24, 2.45) is 0 Å². The van der Waals surface area contributed by atoms with Crippen LogP contribution in [0, 0.1) is 0 Å². The Morgan fingerprint density at radius 3 is 2.30 bits per heavy atom. The maximum Gasteiger partial charge on any atom is 0.338 e. The van der Waals surface area contributed by atoms with E-state index in [4.69, 9.17) is 37.4 Å². The topological polar surface area (TPSA) is 56.8 Å². The van der Waals surface area contributed by atoms with Crippen LogP contribution in [0.1, 0.15) is 35.3 Å². The molecule has 0 saturated heterocycles. The molecule has 0 unspecified atom stereocenters. The highest BCUT2D eigenvalue weighted by Gasteiger charge is 2.13. The largest absolute Gasteiger partial charge is 0.490 e. The molecule has 3 aromatic rings. The summed E-state index contributed by atoms with van der Waals surface area (Å²) in [6, 6.07) is 16.3. The van der Waals surface area contributed by atoms with Crippen LogP contribution in [0.5, 0.6) is 11.5 Å². The fourth-order valence-electron chi connectivity index (χ4n) is 3.02. The Balaban J connectivity index is 1.70. The van der Waals surface area contributed by atoms with Gasteiger partial charge < -0.3 is 19.5 Å². The van der Waals surface area contributed by atoms with Crippen molar-refractivity contribution < 1.29 is 19.0 Å². The van der Waals surface area contributed by atoms with Crippen molar-refractivity contribution in [2.45, 2.75) is 27.0 Å². The molecule has 3 aromatic carbocycles. The molecule has 8 heteroatoms. The standard InChI is InChI=1S/C25H24BrCl2NO4/c1-3-31-23-11-18(14-29-20-9-6-16(7-10-20)25(30)32-4-2)21(26)13-24(23)33-15-17-5-8-19(27)12-22(17)28/h5-13,29H,3-4,14-15H2,1-2H3. The van der Waals surface area contributed by atoms with Crippen molar-refractivity contribution >= 4 is 50.8 Å². The Hall–Kier alpha value is -2.41. The Morgan fingerprint density at radius 2 is 1.64 bits per heavy atom. The SMILES string of the molecule is CCOC(=O)c1ccc(NCc2cc(OCC)c(OCc3ccc(Cl)cc3Cl)cc2Br)cc1. The van der Waals surface area contributed by atoms with Gasteiger partial charge in [0, 0.05) is 32.3 Å². The van der Waals surface area contributed by atoms with Gasteiger partial charge in [-0.25, -0.2) is 4.79 Å². The van der Waals surface area contributed by atoms with Crippen LogP contribution in [0.4, 0.5) is 5.69 Å². The number of esters is 1. The summed E-state index contributed by atoms with van der Waals surface area (Å²) in [5.74, 6) is 0.918. The minimum Gasteiger partial charge on any atom is -0.490 e. The van der Waals surface area contributed by atoms with Crippen LogP contribution in [0.15, 0.2) is 59.1 Å². The van der Waals surface area contributed by atoms with Crippen molar-refractivity contribution in [3.63, 3.8) is 0 Å². The highest BCUT2D eigenvalue weighted by Crippen LogP contribution is 2.35. The van der Waals surface area contributed by atoms with Crippen LogP contribution in [-0.2, 0) is 17.9 Å². The van der Waals surface area contributed by atoms with E-state index in [1.807, 2.05) is 37.3 Å². The fourth-order valence-corrected chi connectivity index (χ4v) is 3.95. The van der Waals surface area contributed by atoms with Crippen LogP contribution in [0.25, 0.3) is 0 Å². The second-order valence-corrected chi connectivity index (χ2v) is 8.70. The Morgan fingerprint density at radius 1 is 0.909 bits per heavy atom. The van der Waals surface area contributed by atoms with E-state index in [1.54, 1.807) is 31.2 Å². The van der Waals surface area contributed by atoms with E-state index in [0.29, 0.717) is 46.9 Å². The smallest absolute Gasteiger partial charge is 0.338 e. The molecule has 0 radical (unpaired) electrons. The molecule has 0 atom stereocenters. The van der Waals surface area contributed by atoms with Gasteiger partial charge in [0.25, 0.3) is 0 Å². The Labute approximate surface area is 212 Å². The van der Waals surface area contributed by atoms with Gasteiger partial charge in [-0.05, 0) is 67.9 Å². The number of carbonyl (C=O) groups excluding carboxylic acids is 1. The predicted molar refractivity (Wildman–Crippen MR) is 136 cm³/mol. The van der Waals surface area contributed by atoms with Gasteiger partial charge in [0.15, 0.2) is 11.5 Å². The maximum absolute atomic E-state index is 11.8. The van der Waals surface area contributed by atoms with E-state index >= 15 is 0 Å². The first kappa shape index (κ1) is 25.2. The lowest BCUT2D eigenvalue weighted by molar-refractivity contribution is 0.0526. The van der Waals surface area contributed by atoms with Crippen LogP contribution >= 0.6 is 39.1 Å². The van der Waals surface area contributed by atoms with Gasteiger partial charge in [-0.2, -0.15) is 0 Å². The molecule has 0 amide bonds. The first-order valence-corrected chi connectivity index (χ1v) is 12.0. The fraction of sp³-hybridized carbons (Fsp3) is 0.240. The number of halogens is 3. The third-order valence-corrected chi connectivity index (χ3v) is 6.02. The normalized spacial score (nSPS) is 10.6. The second-order valence-electron chi connectivity index (χ2n) is 7.00. The molecular formula is C25H24BrCl2NO4. The molecular weight excluding hydrogens is 529 g/mol. The summed E-state index contributed by atoms with van der Waals surface area (Å²) in [7, 11) is 0. The van der Waals surface area contributed by atoms with Crippen molar-refractivity contribution in [2.75, 3.05) is 18.5 Å². The highest BCUT2D eigenvalue weighted by atomic mass is 79.9. The van der Waals surface area contributed by atoms with Gasteiger partial charge in [0.05, 0.1) is 18.8 Å². The van der Waals surface area contributed by atoms with Gasteiger partial charge in [0.1, 0.15) is 6.61 Å². The first-order chi connectivity index (χ1) is 15.9. The molecule has 0 fully saturated rings. The van der Waals surface area contributed by atoms with Crippen molar-refractivity contribution in [3.8, 4) is 11.5 Å². The highest BCUT2D eigenvalue weighted by molar-refractivity contribution is 9.10. The number of anilines is 1. The number of rotatable bonds is 10. The molecule has 0 aliphatic carbocycles. The zero-order chi connectivity index (χ0) is 23.8. The lowest BCUT2D eigenvalue weighted by Crippen LogP contribution is -2.06. The van der Waals surface area contributed by atoms with Gasteiger partial charge in [-0.1, -0.05) is 45.2 Å². The Bertz CT molecular complexity index is 1110. The van der Waals surface area contributed by atoms with Gasteiger partial charge in [-0.3, -0.25) is 0 Å². The molecule has 174 valence electrons. The van der Waals surface area contributed by atoms with Gasteiger partial charge in [0.2, 0.25) is 0 Å². The maximum atomic E-state index is 11.8. The summed E-state index contributed by atoms with van der Waals surface area (Å²) in [5, 5.41) is 4.48.